The van der Waals surface area contributed by atoms with Crippen LogP contribution < -0.4 is 0 Å². The van der Waals surface area contributed by atoms with Crippen molar-refractivity contribution in [1.82, 2.24) is 9.88 Å². The second-order valence-electron chi connectivity index (χ2n) is 9.22. The highest BCUT2D eigenvalue weighted by Gasteiger charge is 2.57. The number of nitrogens with zero attached hydrogens (tertiary/aromatic N) is 2. The normalized spacial score (nSPS) is 22.5. The van der Waals surface area contributed by atoms with Crippen LogP contribution in [-0.2, 0) is 20.5 Å². The minimum absolute atomic E-state index is 0.153. The minimum Gasteiger partial charge on any atom is -0.449 e. The highest BCUT2D eigenvalue weighted by atomic mass is 16.6. The van der Waals surface area contributed by atoms with Crippen LogP contribution in [0, 0.1) is 0 Å². The number of amides is 1. The first kappa shape index (κ1) is 19.9. The monoisotopic (exact) mass is 436 g/mol. The predicted octanol–water partition coefficient (Wildman–Crippen LogP) is 4.58. The fourth-order valence-electron chi connectivity index (χ4n) is 5.24. The van der Waals surface area contributed by atoms with E-state index in [4.69, 9.17) is 4.74 Å². The molecule has 0 radical (unpaired) electrons. The largest absolute Gasteiger partial charge is 0.449 e. The fraction of sp³-hybridized carbons (Fsp3) is 0.250. The summed E-state index contributed by atoms with van der Waals surface area (Å²) in [4.78, 5) is 31.9. The van der Waals surface area contributed by atoms with Gasteiger partial charge in [-0.05, 0) is 47.7 Å². The molecule has 5 nitrogen and oxygen atoms in total. The number of carbonyl (C=O) groups is 2. The molecule has 164 valence electrons. The zero-order valence-electron chi connectivity index (χ0n) is 18.2. The lowest BCUT2D eigenvalue weighted by Crippen LogP contribution is -2.40. The van der Waals surface area contributed by atoms with Gasteiger partial charge in [0.25, 0.3) is 0 Å². The van der Waals surface area contributed by atoms with Gasteiger partial charge in [0, 0.05) is 30.9 Å². The minimum atomic E-state index is -0.693. The number of benzene rings is 2. The summed E-state index contributed by atoms with van der Waals surface area (Å²) in [6.45, 7) is 1.04. The van der Waals surface area contributed by atoms with Gasteiger partial charge in [0.1, 0.15) is 0 Å². The molecule has 1 saturated heterocycles. The summed E-state index contributed by atoms with van der Waals surface area (Å²) in [5, 5.41) is 0. The van der Waals surface area contributed by atoms with E-state index in [2.05, 4.69) is 41.4 Å². The lowest BCUT2D eigenvalue weighted by atomic mass is 9.91. The van der Waals surface area contributed by atoms with Gasteiger partial charge in [-0.3, -0.25) is 9.78 Å². The summed E-state index contributed by atoms with van der Waals surface area (Å²) in [6, 6.07) is 19.8. The van der Waals surface area contributed by atoms with Crippen molar-refractivity contribution >= 4 is 24.0 Å². The molecule has 0 bridgehead atoms. The average Bonchev–Trinajstić information content (AvgIpc) is 3.49. The SMILES string of the molecule is O=C1O[C@]2(CCN(C(=O)C3(c4ccc(C=Cc5ccncc5)cc4)CC3)C2)c2ccccc21. The molecule has 3 aliphatic rings. The molecule has 5 heteroatoms. The maximum atomic E-state index is 13.6. The van der Waals surface area contributed by atoms with Gasteiger partial charge in [-0.25, -0.2) is 4.79 Å². The van der Waals surface area contributed by atoms with Gasteiger partial charge < -0.3 is 9.64 Å². The van der Waals surface area contributed by atoms with Crippen LogP contribution in [0.25, 0.3) is 12.2 Å². The van der Waals surface area contributed by atoms with Crippen molar-refractivity contribution in [3.63, 3.8) is 0 Å². The Kier molecular flexibility index (Phi) is 4.47. The van der Waals surface area contributed by atoms with Crippen molar-refractivity contribution in [2.45, 2.75) is 30.3 Å². The second kappa shape index (κ2) is 7.41. The predicted molar refractivity (Wildman–Crippen MR) is 125 cm³/mol. The maximum Gasteiger partial charge on any atom is 0.339 e. The van der Waals surface area contributed by atoms with Gasteiger partial charge in [-0.1, -0.05) is 54.6 Å². The molecule has 2 fully saturated rings. The van der Waals surface area contributed by atoms with E-state index in [-0.39, 0.29) is 11.9 Å². The molecule has 3 heterocycles. The first-order chi connectivity index (χ1) is 16.1. The Labute approximate surface area is 192 Å². The van der Waals surface area contributed by atoms with E-state index in [1.54, 1.807) is 12.4 Å². The van der Waals surface area contributed by atoms with Crippen molar-refractivity contribution in [3.8, 4) is 0 Å². The first-order valence-corrected chi connectivity index (χ1v) is 11.4. The highest BCUT2D eigenvalue weighted by Crippen LogP contribution is 2.52. The summed E-state index contributed by atoms with van der Waals surface area (Å²) < 4.78 is 5.83. The van der Waals surface area contributed by atoms with Crippen LogP contribution in [0.15, 0.2) is 73.1 Å². The van der Waals surface area contributed by atoms with Gasteiger partial charge in [0.05, 0.1) is 17.5 Å². The lowest BCUT2D eigenvalue weighted by Gasteiger charge is -2.27. The van der Waals surface area contributed by atoms with E-state index in [9.17, 15) is 9.59 Å². The summed E-state index contributed by atoms with van der Waals surface area (Å²) in [7, 11) is 0. The number of fused-ring (bicyclic) bond motifs is 2. The van der Waals surface area contributed by atoms with Gasteiger partial charge >= 0.3 is 5.97 Å². The number of hydrogen-bond acceptors (Lipinski definition) is 4. The average molecular weight is 437 g/mol. The standard InChI is InChI=1S/C28H24N2O3/c31-25-23-3-1-2-4-24(23)28(33-25)15-18-30(19-28)26(32)27(13-14-27)22-9-7-20(8-10-22)5-6-21-11-16-29-17-12-21/h1-12,16-17H,13-15,18-19H2/t28-/m0/s1. The van der Waals surface area contributed by atoms with E-state index < -0.39 is 11.0 Å². The molecule has 1 saturated carbocycles. The first-order valence-electron chi connectivity index (χ1n) is 11.4. The molecule has 1 spiro atoms. The van der Waals surface area contributed by atoms with Crippen molar-refractivity contribution in [2.75, 3.05) is 13.1 Å². The molecule has 1 aromatic heterocycles. The number of ether oxygens (including phenoxy) is 1. The smallest absolute Gasteiger partial charge is 0.339 e. The maximum absolute atomic E-state index is 13.6. The topological polar surface area (TPSA) is 59.5 Å². The molecule has 2 aliphatic heterocycles. The van der Waals surface area contributed by atoms with E-state index in [1.807, 2.05) is 41.3 Å². The molecule has 2 aromatic carbocycles. The number of carbonyl (C=O) groups excluding carboxylic acids is 2. The molecule has 3 aromatic rings. The Morgan fingerprint density at radius 1 is 0.909 bits per heavy atom. The molecule has 6 rings (SSSR count). The van der Waals surface area contributed by atoms with E-state index >= 15 is 0 Å². The number of pyridine rings is 1. The second-order valence-corrected chi connectivity index (χ2v) is 9.22. The Morgan fingerprint density at radius 3 is 2.33 bits per heavy atom. The van der Waals surface area contributed by atoms with E-state index in [1.165, 1.54) is 0 Å². The molecule has 0 N–H and O–H groups in total. The summed E-state index contributed by atoms with van der Waals surface area (Å²) >= 11 is 0. The Balaban J connectivity index is 1.19. The van der Waals surface area contributed by atoms with Crippen LogP contribution in [0.5, 0.6) is 0 Å². The van der Waals surface area contributed by atoms with Gasteiger partial charge in [-0.2, -0.15) is 0 Å². The molecule has 33 heavy (non-hydrogen) atoms. The summed E-state index contributed by atoms with van der Waals surface area (Å²) in [6.07, 6.45) is 10.0. The van der Waals surface area contributed by atoms with Crippen LogP contribution in [0.2, 0.25) is 0 Å². The molecule has 0 unspecified atom stereocenters. The van der Waals surface area contributed by atoms with Gasteiger partial charge in [0.2, 0.25) is 5.91 Å². The van der Waals surface area contributed by atoms with Crippen LogP contribution >= 0.6 is 0 Å². The Bertz CT molecular complexity index is 1260. The lowest BCUT2D eigenvalue weighted by molar-refractivity contribution is -0.134. The fourth-order valence-corrected chi connectivity index (χ4v) is 5.24. The third kappa shape index (κ3) is 3.27. The van der Waals surface area contributed by atoms with Crippen molar-refractivity contribution in [1.29, 1.82) is 0 Å². The molecular formula is C28H24N2O3. The van der Waals surface area contributed by atoms with Crippen molar-refractivity contribution < 1.29 is 14.3 Å². The molecule has 1 amide bonds. The third-order valence-electron chi connectivity index (χ3n) is 7.24. The molecular weight excluding hydrogens is 412 g/mol. The Hall–Kier alpha value is -3.73. The zero-order valence-corrected chi connectivity index (χ0v) is 18.2. The molecule has 1 aliphatic carbocycles. The van der Waals surface area contributed by atoms with Crippen LogP contribution in [0.1, 0.15) is 51.9 Å². The third-order valence-corrected chi connectivity index (χ3v) is 7.24. The van der Waals surface area contributed by atoms with Gasteiger partial charge in [0.15, 0.2) is 5.60 Å². The van der Waals surface area contributed by atoms with Crippen LogP contribution in [0.3, 0.4) is 0 Å². The van der Waals surface area contributed by atoms with Crippen LogP contribution in [0.4, 0.5) is 0 Å². The Morgan fingerprint density at radius 2 is 1.61 bits per heavy atom. The van der Waals surface area contributed by atoms with Crippen LogP contribution in [-0.4, -0.2) is 34.8 Å². The van der Waals surface area contributed by atoms with Gasteiger partial charge in [-0.15, -0.1) is 0 Å². The zero-order chi connectivity index (χ0) is 22.5. The van der Waals surface area contributed by atoms with Crippen molar-refractivity contribution in [2.24, 2.45) is 0 Å². The van der Waals surface area contributed by atoms with E-state index in [0.29, 0.717) is 25.1 Å². The van der Waals surface area contributed by atoms with E-state index in [0.717, 1.165) is 35.1 Å². The summed E-state index contributed by atoms with van der Waals surface area (Å²) in [5.74, 6) is -0.128. The number of rotatable bonds is 4. The molecule has 1 atom stereocenters. The quantitative estimate of drug-likeness (QED) is 0.562. The highest BCUT2D eigenvalue weighted by molar-refractivity contribution is 5.96. The number of hydrogen-bond donors (Lipinski definition) is 0. The number of likely N-dealkylation sites (tertiary alicyclic amines) is 1. The summed E-state index contributed by atoms with van der Waals surface area (Å²) in [5.41, 5.74) is 3.66. The number of aromatic nitrogens is 1. The van der Waals surface area contributed by atoms with Crippen molar-refractivity contribution in [3.05, 3.63) is 101 Å². The number of esters is 1.